The molecule has 0 amide bonds. The van der Waals surface area contributed by atoms with E-state index in [0.717, 1.165) is 17.9 Å². The number of imidazole rings is 1. The predicted octanol–water partition coefficient (Wildman–Crippen LogP) is 1.96. The van der Waals surface area contributed by atoms with Crippen LogP contribution in [0.1, 0.15) is 18.7 Å². The zero-order valence-electron chi connectivity index (χ0n) is 9.20. The SMILES string of the molecule is Cn1c(CNC2CC2)nc2cccc(F)c21. The fourth-order valence-electron chi connectivity index (χ4n) is 1.95. The van der Waals surface area contributed by atoms with Crippen LogP contribution < -0.4 is 5.32 Å². The number of halogens is 1. The fourth-order valence-corrected chi connectivity index (χ4v) is 1.95. The molecule has 0 radical (unpaired) electrons. The third kappa shape index (κ3) is 1.59. The van der Waals surface area contributed by atoms with Gasteiger partial charge in [0, 0.05) is 13.1 Å². The van der Waals surface area contributed by atoms with Gasteiger partial charge in [-0.3, -0.25) is 0 Å². The summed E-state index contributed by atoms with van der Waals surface area (Å²) in [6.45, 7) is 0.718. The quantitative estimate of drug-likeness (QED) is 0.855. The molecule has 3 rings (SSSR count). The van der Waals surface area contributed by atoms with Crippen LogP contribution in [-0.4, -0.2) is 15.6 Å². The standard InChI is InChI=1S/C12H14FN3/c1-16-11(7-14-8-5-6-8)15-10-4-2-3-9(13)12(10)16/h2-4,8,14H,5-7H2,1H3. The van der Waals surface area contributed by atoms with Crippen molar-refractivity contribution in [3.05, 3.63) is 29.8 Å². The summed E-state index contributed by atoms with van der Waals surface area (Å²) in [5.74, 6) is 0.692. The monoisotopic (exact) mass is 219 g/mol. The molecule has 1 aromatic heterocycles. The molecule has 1 fully saturated rings. The molecule has 0 aliphatic heterocycles. The van der Waals surface area contributed by atoms with Crippen molar-refractivity contribution in [2.45, 2.75) is 25.4 Å². The van der Waals surface area contributed by atoms with E-state index in [4.69, 9.17) is 0 Å². The van der Waals surface area contributed by atoms with Gasteiger partial charge in [-0.15, -0.1) is 0 Å². The number of fused-ring (bicyclic) bond motifs is 1. The zero-order valence-corrected chi connectivity index (χ0v) is 9.20. The molecule has 4 heteroatoms. The summed E-state index contributed by atoms with van der Waals surface area (Å²) in [5.41, 5.74) is 1.32. The van der Waals surface area contributed by atoms with Gasteiger partial charge in [-0.1, -0.05) is 6.07 Å². The van der Waals surface area contributed by atoms with Gasteiger partial charge in [0.05, 0.1) is 12.1 Å². The van der Waals surface area contributed by atoms with Gasteiger partial charge in [0.15, 0.2) is 0 Å². The number of aryl methyl sites for hydroxylation is 1. The summed E-state index contributed by atoms with van der Waals surface area (Å²) in [7, 11) is 1.86. The summed E-state index contributed by atoms with van der Waals surface area (Å²) in [5, 5.41) is 3.39. The molecule has 84 valence electrons. The van der Waals surface area contributed by atoms with Crippen LogP contribution in [-0.2, 0) is 13.6 Å². The van der Waals surface area contributed by atoms with E-state index in [9.17, 15) is 4.39 Å². The minimum absolute atomic E-state index is 0.204. The van der Waals surface area contributed by atoms with Gasteiger partial charge in [-0.05, 0) is 25.0 Å². The Kier molecular flexibility index (Phi) is 2.17. The number of aromatic nitrogens is 2. The topological polar surface area (TPSA) is 29.9 Å². The fraction of sp³-hybridized carbons (Fsp3) is 0.417. The zero-order chi connectivity index (χ0) is 11.1. The first kappa shape index (κ1) is 9.78. The van der Waals surface area contributed by atoms with E-state index >= 15 is 0 Å². The van der Waals surface area contributed by atoms with Crippen LogP contribution in [0.3, 0.4) is 0 Å². The maximum Gasteiger partial charge on any atom is 0.149 e. The summed E-state index contributed by atoms with van der Waals surface area (Å²) < 4.78 is 15.4. The van der Waals surface area contributed by atoms with E-state index in [2.05, 4.69) is 10.3 Å². The Hall–Kier alpha value is -1.42. The minimum atomic E-state index is -0.204. The second-order valence-corrected chi connectivity index (χ2v) is 4.35. The molecular weight excluding hydrogens is 205 g/mol. The van der Waals surface area contributed by atoms with Crippen LogP contribution in [0.25, 0.3) is 11.0 Å². The smallest absolute Gasteiger partial charge is 0.149 e. The van der Waals surface area contributed by atoms with Gasteiger partial charge < -0.3 is 9.88 Å². The maximum absolute atomic E-state index is 13.6. The molecule has 0 saturated heterocycles. The Balaban J connectivity index is 1.98. The Morgan fingerprint density at radius 1 is 1.50 bits per heavy atom. The first-order chi connectivity index (χ1) is 7.75. The summed E-state index contributed by atoms with van der Waals surface area (Å²) in [4.78, 5) is 4.43. The number of benzene rings is 1. The highest BCUT2D eigenvalue weighted by Gasteiger charge is 2.21. The number of hydrogen-bond acceptors (Lipinski definition) is 2. The lowest BCUT2D eigenvalue weighted by Crippen LogP contribution is -2.18. The molecule has 1 aliphatic carbocycles. The molecule has 0 bridgehead atoms. The summed E-state index contributed by atoms with van der Waals surface area (Å²) in [6.07, 6.45) is 2.50. The van der Waals surface area contributed by atoms with Crippen LogP contribution >= 0.6 is 0 Å². The van der Waals surface area contributed by atoms with E-state index in [0.29, 0.717) is 11.6 Å². The van der Waals surface area contributed by atoms with E-state index < -0.39 is 0 Å². The average molecular weight is 219 g/mol. The molecular formula is C12H14FN3. The molecule has 1 saturated carbocycles. The van der Waals surface area contributed by atoms with Crippen molar-refractivity contribution >= 4 is 11.0 Å². The van der Waals surface area contributed by atoms with Crippen molar-refractivity contribution in [3.63, 3.8) is 0 Å². The van der Waals surface area contributed by atoms with Crippen molar-refractivity contribution in [2.75, 3.05) is 0 Å². The highest BCUT2D eigenvalue weighted by atomic mass is 19.1. The Morgan fingerprint density at radius 2 is 2.31 bits per heavy atom. The van der Waals surface area contributed by atoms with Crippen molar-refractivity contribution in [3.8, 4) is 0 Å². The lowest BCUT2D eigenvalue weighted by Gasteiger charge is -2.03. The molecule has 1 heterocycles. The normalized spacial score (nSPS) is 15.9. The molecule has 1 N–H and O–H groups in total. The Bertz CT molecular complexity index is 528. The maximum atomic E-state index is 13.6. The third-order valence-electron chi connectivity index (χ3n) is 3.06. The van der Waals surface area contributed by atoms with Crippen LogP contribution in [0.4, 0.5) is 4.39 Å². The van der Waals surface area contributed by atoms with Crippen LogP contribution in [0.5, 0.6) is 0 Å². The third-order valence-corrected chi connectivity index (χ3v) is 3.06. The van der Waals surface area contributed by atoms with Crippen molar-refractivity contribution in [1.82, 2.24) is 14.9 Å². The van der Waals surface area contributed by atoms with Gasteiger partial charge in [0.1, 0.15) is 17.2 Å². The molecule has 16 heavy (non-hydrogen) atoms. The lowest BCUT2D eigenvalue weighted by molar-refractivity contribution is 0.617. The second-order valence-electron chi connectivity index (χ2n) is 4.35. The van der Waals surface area contributed by atoms with E-state index in [1.807, 2.05) is 17.7 Å². The van der Waals surface area contributed by atoms with Gasteiger partial charge >= 0.3 is 0 Å². The molecule has 0 atom stereocenters. The molecule has 1 aromatic carbocycles. The number of nitrogens with zero attached hydrogens (tertiary/aromatic N) is 2. The van der Waals surface area contributed by atoms with E-state index in [-0.39, 0.29) is 5.82 Å². The summed E-state index contributed by atoms with van der Waals surface area (Å²) >= 11 is 0. The van der Waals surface area contributed by atoms with Crippen molar-refractivity contribution < 1.29 is 4.39 Å². The van der Waals surface area contributed by atoms with Crippen LogP contribution in [0.15, 0.2) is 18.2 Å². The number of hydrogen-bond donors (Lipinski definition) is 1. The predicted molar refractivity (Wildman–Crippen MR) is 60.5 cm³/mol. The molecule has 1 aliphatic rings. The molecule has 0 spiro atoms. The molecule has 3 nitrogen and oxygen atoms in total. The van der Waals surface area contributed by atoms with Gasteiger partial charge in [0.2, 0.25) is 0 Å². The largest absolute Gasteiger partial charge is 0.328 e. The molecule has 0 unspecified atom stereocenters. The van der Waals surface area contributed by atoms with E-state index in [1.165, 1.54) is 18.9 Å². The van der Waals surface area contributed by atoms with Gasteiger partial charge in [-0.25, -0.2) is 9.37 Å². The highest BCUT2D eigenvalue weighted by molar-refractivity contribution is 5.76. The number of rotatable bonds is 3. The Labute approximate surface area is 93.3 Å². The molecule has 2 aromatic rings. The lowest BCUT2D eigenvalue weighted by atomic mass is 10.3. The number of nitrogens with one attached hydrogen (secondary N) is 1. The number of para-hydroxylation sites is 1. The van der Waals surface area contributed by atoms with Gasteiger partial charge in [0.25, 0.3) is 0 Å². The second kappa shape index (κ2) is 3.56. The average Bonchev–Trinajstić information content (AvgIpc) is 3.02. The van der Waals surface area contributed by atoms with Gasteiger partial charge in [-0.2, -0.15) is 0 Å². The van der Waals surface area contributed by atoms with Crippen LogP contribution in [0, 0.1) is 5.82 Å². The summed E-state index contributed by atoms with van der Waals surface area (Å²) in [6, 6.07) is 5.66. The minimum Gasteiger partial charge on any atom is -0.328 e. The van der Waals surface area contributed by atoms with Crippen LogP contribution in [0.2, 0.25) is 0 Å². The van der Waals surface area contributed by atoms with Crippen molar-refractivity contribution in [2.24, 2.45) is 7.05 Å². The first-order valence-corrected chi connectivity index (χ1v) is 5.59. The highest BCUT2D eigenvalue weighted by Crippen LogP contribution is 2.21. The Morgan fingerprint density at radius 3 is 3.00 bits per heavy atom. The van der Waals surface area contributed by atoms with E-state index in [1.54, 1.807) is 6.07 Å². The van der Waals surface area contributed by atoms with Crippen molar-refractivity contribution in [1.29, 1.82) is 0 Å². The first-order valence-electron chi connectivity index (χ1n) is 5.59.